The van der Waals surface area contributed by atoms with Crippen LogP contribution in [0.1, 0.15) is 11.1 Å². The number of halogens is 1. The molecule has 1 aromatic carbocycles. The first kappa shape index (κ1) is 8.99. The van der Waals surface area contributed by atoms with Gasteiger partial charge in [0, 0.05) is 9.13 Å². The van der Waals surface area contributed by atoms with Gasteiger partial charge in [0.05, 0.1) is 6.54 Å². The highest BCUT2D eigenvalue weighted by Crippen LogP contribution is 2.17. The number of hydrogen-bond donors (Lipinski definition) is 0. The third kappa shape index (κ3) is 1.85. The van der Waals surface area contributed by atoms with Crippen LogP contribution < -0.4 is 0 Å². The maximum absolute atomic E-state index is 5.42. The molecule has 1 aromatic rings. The molecule has 0 saturated carbocycles. The fourth-order valence-electron chi connectivity index (χ4n) is 1.30. The van der Waals surface area contributed by atoms with Crippen molar-refractivity contribution in [3.63, 3.8) is 0 Å². The van der Waals surface area contributed by atoms with E-state index in [0.717, 1.165) is 24.6 Å². The van der Waals surface area contributed by atoms with Crippen molar-refractivity contribution in [3.05, 3.63) is 32.9 Å². The largest absolute Gasteiger partial charge is 0.475 e. The maximum atomic E-state index is 5.42. The molecular formula is C10H10INO. The zero-order valence-electron chi connectivity index (χ0n) is 7.38. The molecule has 2 nitrogen and oxygen atoms in total. The maximum Gasteiger partial charge on any atom is 0.217 e. The highest BCUT2D eigenvalue weighted by atomic mass is 127. The van der Waals surface area contributed by atoms with E-state index < -0.39 is 0 Å². The summed E-state index contributed by atoms with van der Waals surface area (Å²) in [6, 6.07) is 6.31. The van der Waals surface area contributed by atoms with Gasteiger partial charge >= 0.3 is 0 Å². The Balaban J connectivity index is 2.43. The van der Waals surface area contributed by atoms with Gasteiger partial charge in [0.1, 0.15) is 6.61 Å². The number of aryl methyl sites for hydroxylation is 1. The van der Waals surface area contributed by atoms with Gasteiger partial charge in [-0.25, -0.2) is 4.99 Å². The van der Waals surface area contributed by atoms with Gasteiger partial charge in [0.15, 0.2) is 0 Å². The Bertz CT molecular complexity index is 360. The standard InChI is InChI=1S/C10H10INO/c1-7-2-3-9(11)8(6-7)10-12-4-5-13-10/h2-3,6H,4-5H2,1H3. The zero-order valence-corrected chi connectivity index (χ0v) is 9.54. The molecule has 1 aliphatic heterocycles. The smallest absolute Gasteiger partial charge is 0.217 e. The van der Waals surface area contributed by atoms with Gasteiger partial charge in [-0.05, 0) is 41.6 Å². The number of hydrogen-bond acceptors (Lipinski definition) is 2. The molecule has 0 saturated heterocycles. The van der Waals surface area contributed by atoms with Crippen molar-refractivity contribution in [2.24, 2.45) is 4.99 Å². The van der Waals surface area contributed by atoms with Crippen molar-refractivity contribution < 1.29 is 4.74 Å². The summed E-state index contributed by atoms with van der Waals surface area (Å²) in [7, 11) is 0. The normalized spacial score (nSPS) is 15.4. The van der Waals surface area contributed by atoms with E-state index in [0.29, 0.717) is 0 Å². The van der Waals surface area contributed by atoms with Crippen molar-refractivity contribution in [3.8, 4) is 0 Å². The first-order chi connectivity index (χ1) is 6.27. The van der Waals surface area contributed by atoms with E-state index in [-0.39, 0.29) is 0 Å². The van der Waals surface area contributed by atoms with Gasteiger partial charge in [0.25, 0.3) is 0 Å². The van der Waals surface area contributed by atoms with E-state index >= 15 is 0 Å². The van der Waals surface area contributed by atoms with Crippen molar-refractivity contribution >= 4 is 28.5 Å². The van der Waals surface area contributed by atoms with Crippen LogP contribution in [0.2, 0.25) is 0 Å². The molecule has 1 heterocycles. The van der Waals surface area contributed by atoms with Crippen molar-refractivity contribution in [1.29, 1.82) is 0 Å². The molecule has 0 amide bonds. The van der Waals surface area contributed by atoms with Gasteiger partial charge in [0.2, 0.25) is 5.90 Å². The molecule has 68 valence electrons. The van der Waals surface area contributed by atoms with Gasteiger partial charge < -0.3 is 4.74 Å². The molecule has 0 aromatic heterocycles. The Hall–Kier alpha value is -0.580. The highest BCUT2D eigenvalue weighted by molar-refractivity contribution is 14.1. The molecule has 0 aliphatic carbocycles. The first-order valence-corrected chi connectivity index (χ1v) is 5.29. The second-order valence-corrected chi connectivity index (χ2v) is 4.18. The van der Waals surface area contributed by atoms with E-state index in [2.05, 4.69) is 52.7 Å². The minimum atomic E-state index is 0.722. The number of rotatable bonds is 1. The third-order valence-electron chi connectivity index (χ3n) is 1.94. The van der Waals surface area contributed by atoms with Crippen LogP contribution in [-0.4, -0.2) is 19.0 Å². The lowest BCUT2D eigenvalue weighted by Gasteiger charge is -2.05. The molecule has 0 unspecified atom stereocenters. The summed E-state index contributed by atoms with van der Waals surface area (Å²) >= 11 is 2.31. The second kappa shape index (κ2) is 3.65. The van der Waals surface area contributed by atoms with E-state index in [1.54, 1.807) is 0 Å². The summed E-state index contributed by atoms with van der Waals surface area (Å²) in [5.41, 5.74) is 2.37. The van der Waals surface area contributed by atoms with Crippen molar-refractivity contribution in [2.45, 2.75) is 6.92 Å². The van der Waals surface area contributed by atoms with E-state index in [1.807, 2.05) is 0 Å². The molecule has 0 spiro atoms. The Morgan fingerprint density at radius 3 is 3.00 bits per heavy atom. The molecule has 0 fully saturated rings. The minimum absolute atomic E-state index is 0.722. The molecule has 0 atom stereocenters. The Morgan fingerprint density at radius 1 is 1.46 bits per heavy atom. The lowest BCUT2D eigenvalue weighted by Crippen LogP contribution is -2.03. The Labute approximate surface area is 91.2 Å². The van der Waals surface area contributed by atoms with Gasteiger partial charge in [-0.2, -0.15) is 0 Å². The number of aliphatic imine (C=N–C) groups is 1. The summed E-state index contributed by atoms with van der Waals surface area (Å²) < 4.78 is 6.62. The van der Waals surface area contributed by atoms with Crippen molar-refractivity contribution in [1.82, 2.24) is 0 Å². The molecule has 0 radical (unpaired) electrons. The number of ether oxygens (including phenoxy) is 1. The van der Waals surface area contributed by atoms with Crippen molar-refractivity contribution in [2.75, 3.05) is 13.2 Å². The molecule has 2 rings (SSSR count). The fraction of sp³-hybridized carbons (Fsp3) is 0.300. The lowest BCUT2D eigenvalue weighted by molar-refractivity contribution is 0.348. The number of benzene rings is 1. The summed E-state index contributed by atoms with van der Waals surface area (Å²) in [5, 5.41) is 0. The number of nitrogens with zero attached hydrogens (tertiary/aromatic N) is 1. The van der Waals surface area contributed by atoms with Crippen LogP contribution in [0.5, 0.6) is 0 Å². The van der Waals surface area contributed by atoms with E-state index in [1.165, 1.54) is 9.13 Å². The zero-order chi connectivity index (χ0) is 9.26. The summed E-state index contributed by atoms with van der Waals surface area (Å²) in [5.74, 6) is 0.799. The van der Waals surface area contributed by atoms with Gasteiger partial charge in [-0.15, -0.1) is 0 Å². The SMILES string of the molecule is Cc1ccc(I)c(C2=NCCO2)c1. The van der Waals surface area contributed by atoms with Crippen LogP contribution in [0.4, 0.5) is 0 Å². The van der Waals surface area contributed by atoms with Crippen LogP contribution in [-0.2, 0) is 4.74 Å². The van der Waals surface area contributed by atoms with E-state index in [4.69, 9.17) is 4.74 Å². The van der Waals surface area contributed by atoms with Gasteiger partial charge in [-0.1, -0.05) is 11.6 Å². The van der Waals surface area contributed by atoms with Crippen LogP contribution in [0.15, 0.2) is 23.2 Å². The average Bonchev–Trinajstić information content (AvgIpc) is 2.61. The lowest BCUT2D eigenvalue weighted by atomic mass is 10.1. The van der Waals surface area contributed by atoms with Crippen LogP contribution in [0.3, 0.4) is 0 Å². The quantitative estimate of drug-likeness (QED) is 0.727. The van der Waals surface area contributed by atoms with Gasteiger partial charge in [-0.3, -0.25) is 0 Å². The van der Waals surface area contributed by atoms with Crippen LogP contribution in [0.25, 0.3) is 0 Å². The topological polar surface area (TPSA) is 21.6 Å². The molecular weight excluding hydrogens is 277 g/mol. The third-order valence-corrected chi connectivity index (χ3v) is 2.88. The Morgan fingerprint density at radius 2 is 2.31 bits per heavy atom. The monoisotopic (exact) mass is 287 g/mol. The predicted molar refractivity (Wildman–Crippen MR) is 61.3 cm³/mol. The molecule has 1 aliphatic rings. The first-order valence-electron chi connectivity index (χ1n) is 4.21. The van der Waals surface area contributed by atoms with Crippen LogP contribution in [0, 0.1) is 10.5 Å². The molecule has 0 bridgehead atoms. The minimum Gasteiger partial charge on any atom is -0.475 e. The fourth-order valence-corrected chi connectivity index (χ4v) is 1.87. The second-order valence-electron chi connectivity index (χ2n) is 3.02. The summed E-state index contributed by atoms with van der Waals surface area (Å²) in [6.07, 6.45) is 0. The van der Waals surface area contributed by atoms with Crippen LogP contribution >= 0.6 is 22.6 Å². The molecule has 13 heavy (non-hydrogen) atoms. The van der Waals surface area contributed by atoms with E-state index in [9.17, 15) is 0 Å². The molecule has 0 N–H and O–H groups in total. The highest BCUT2D eigenvalue weighted by Gasteiger charge is 2.12. The molecule has 3 heteroatoms. The predicted octanol–water partition coefficient (Wildman–Crippen LogP) is 2.38. The summed E-state index contributed by atoms with van der Waals surface area (Å²) in [6.45, 7) is 3.59. The Kier molecular flexibility index (Phi) is 2.53. The average molecular weight is 287 g/mol. The summed E-state index contributed by atoms with van der Waals surface area (Å²) in [4.78, 5) is 4.30.